The summed E-state index contributed by atoms with van der Waals surface area (Å²) in [7, 11) is 0. The van der Waals surface area contributed by atoms with Gasteiger partial charge in [-0.1, -0.05) is 51.6 Å². The summed E-state index contributed by atoms with van der Waals surface area (Å²) < 4.78 is 0. The molecule has 1 aromatic carbocycles. The largest absolute Gasteiger partial charge is 0.292 e. The van der Waals surface area contributed by atoms with E-state index in [4.69, 9.17) is 0 Å². The predicted molar refractivity (Wildman–Crippen MR) is 87.0 cm³/mol. The van der Waals surface area contributed by atoms with E-state index < -0.39 is 0 Å². The fourth-order valence-corrected chi connectivity index (χ4v) is 2.37. The van der Waals surface area contributed by atoms with Crippen molar-refractivity contribution in [2.75, 3.05) is 0 Å². The van der Waals surface area contributed by atoms with Crippen molar-refractivity contribution < 1.29 is 0 Å². The smallest absolute Gasteiger partial charge is 0.163 e. The van der Waals surface area contributed by atoms with Crippen molar-refractivity contribution in [3.63, 3.8) is 0 Å². The SMILES string of the molecule is C=C1C=C2N=C(c3ccc(C(C)(C)C)cc3)N=C(C)N2N1. The molecule has 0 aliphatic carbocycles. The summed E-state index contributed by atoms with van der Waals surface area (Å²) in [5.41, 5.74) is 6.43. The first kappa shape index (κ1) is 13.6. The van der Waals surface area contributed by atoms with Crippen LogP contribution >= 0.6 is 0 Å². The third kappa shape index (κ3) is 2.49. The molecule has 4 heteroatoms. The monoisotopic (exact) mass is 280 g/mol. The minimum atomic E-state index is 0.151. The number of hydrazine groups is 1. The van der Waals surface area contributed by atoms with E-state index in [1.54, 1.807) is 0 Å². The standard InChI is InChI=1S/C17H20N4/c1-11-10-15-19-16(18-12(2)21(15)20-11)13-6-8-14(9-7-13)17(3,4)5/h6-10,20H,1H2,2-5H3. The predicted octanol–water partition coefficient (Wildman–Crippen LogP) is 3.34. The second-order valence-corrected chi connectivity index (χ2v) is 6.40. The van der Waals surface area contributed by atoms with Gasteiger partial charge in [0.05, 0.1) is 5.70 Å². The Bertz CT molecular complexity index is 684. The molecule has 0 amide bonds. The number of hydrogen-bond donors (Lipinski definition) is 1. The number of hydrogen-bond acceptors (Lipinski definition) is 4. The van der Waals surface area contributed by atoms with Gasteiger partial charge in [0.15, 0.2) is 11.7 Å². The highest BCUT2D eigenvalue weighted by molar-refractivity contribution is 6.08. The lowest BCUT2D eigenvalue weighted by molar-refractivity contribution is 0.448. The van der Waals surface area contributed by atoms with Crippen LogP contribution in [0.4, 0.5) is 0 Å². The summed E-state index contributed by atoms with van der Waals surface area (Å²) in [5.74, 6) is 2.44. The molecule has 0 spiro atoms. The highest BCUT2D eigenvalue weighted by atomic mass is 15.6. The molecule has 0 unspecified atom stereocenters. The maximum absolute atomic E-state index is 4.60. The maximum atomic E-state index is 4.60. The zero-order valence-electron chi connectivity index (χ0n) is 12.9. The minimum Gasteiger partial charge on any atom is -0.292 e. The number of rotatable bonds is 1. The van der Waals surface area contributed by atoms with E-state index >= 15 is 0 Å². The normalized spacial score (nSPS) is 17.8. The van der Waals surface area contributed by atoms with Gasteiger partial charge in [0.1, 0.15) is 5.84 Å². The van der Waals surface area contributed by atoms with Gasteiger partial charge in [-0.05, 0) is 17.9 Å². The lowest BCUT2D eigenvalue weighted by atomic mass is 9.86. The molecule has 0 atom stereocenters. The first-order valence-electron chi connectivity index (χ1n) is 7.07. The van der Waals surface area contributed by atoms with E-state index in [0.717, 1.165) is 28.8 Å². The number of aliphatic imine (C=N–C) groups is 2. The van der Waals surface area contributed by atoms with Gasteiger partial charge in [0.25, 0.3) is 0 Å². The Morgan fingerprint density at radius 1 is 1.10 bits per heavy atom. The van der Waals surface area contributed by atoms with E-state index in [0.29, 0.717) is 0 Å². The van der Waals surface area contributed by atoms with Gasteiger partial charge in [-0.25, -0.2) is 15.0 Å². The molecule has 2 aliphatic heterocycles. The van der Waals surface area contributed by atoms with E-state index in [1.807, 2.05) is 18.0 Å². The first-order chi connectivity index (χ1) is 9.84. The molecule has 1 aromatic rings. The second kappa shape index (κ2) is 4.58. The highest BCUT2D eigenvalue weighted by Gasteiger charge is 2.24. The average molecular weight is 280 g/mol. The summed E-state index contributed by atoms with van der Waals surface area (Å²) in [4.78, 5) is 9.17. The number of benzene rings is 1. The van der Waals surface area contributed by atoms with E-state index in [2.05, 4.69) is 67.0 Å². The van der Waals surface area contributed by atoms with Crippen molar-refractivity contribution >= 4 is 11.7 Å². The summed E-state index contributed by atoms with van der Waals surface area (Å²) in [6.07, 6.45) is 1.92. The summed E-state index contributed by atoms with van der Waals surface area (Å²) in [6, 6.07) is 8.47. The van der Waals surface area contributed by atoms with Crippen LogP contribution in [0, 0.1) is 0 Å². The van der Waals surface area contributed by atoms with E-state index in [-0.39, 0.29) is 5.41 Å². The molecule has 2 heterocycles. The van der Waals surface area contributed by atoms with Crippen LogP contribution in [0.1, 0.15) is 38.8 Å². The van der Waals surface area contributed by atoms with E-state index in [1.165, 1.54) is 5.56 Å². The molecular formula is C17H20N4. The topological polar surface area (TPSA) is 40.0 Å². The van der Waals surface area contributed by atoms with Gasteiger partial charge in [-0.15, -0.1) is 0 Å². The Morgan fingerprint density at radius 2 is 1.76 bits per heavy atom. The molecule has 0 saturated carbocycles. The molecule has 21 heavy (non-hydrogen) atoms. The number of nitrogens with one attached hydrogen (secondary N) is 1. The molecule has 1 N–H and O–H groups in total. The summed E-state index contributed by atoms with van der Waals surface area (Å²) in [6.45, 7) is 12.5. The maximum Gasteiger partial charge on any atom is 0.163 e. The molecule has 0 fully saturated rings. The van der Waals surface area contributed by atoms with Crippen molar-refractivity contribution in [1.29, 1.82) is 0 Å². The number of amidine groups is 2. The summed E-state index contributed by atoms with van der Waals surface area (Å²) in [5, 5.41) is 1.84. The minimum absolute atomic E-state index is 0.151. The number of allylic oxidation sites excluding steroid dienone is 1. The van der Waals surface area contributed by atoms with Gasteiger partial charge in [0.2, 0.25) is 0 Å². The quantitative estimate of drug-likeness (QED) is 0.857. The van der Waals surface area contributed by atoms with Crippen LogP contribution < -0.4 is 5.43 Å². The van der Waals surface area contributed by atoms with Crippen LogP contribution in [0.5, 0.6) is 0 Å². The van der Waals surface area contributed by atoms with Crippen molar-refractivity contribution in [1.82, 2.24) is 10.4 Å². The van der Waals surface area contributed by atoms with Crippen LogP contribution in [0.2, 0.25) is 0 Å². The Morgan fingerprint density at radius 3 is 2.38 bits per heavy atom. The Kier molecular flexibility index (Phi) is 2.97. The average Bonchev–Trinajstić information content (AvgIpc) is 2.79. The Labute approximate surface area is 125 Å². The third-order valence-electron chi connectivity index (χ3n) is 3.61. The molecule has 4 nitrogen and oxygen atoms in total. The Balaban J connectivity index is 1.96. The van der Waals surface area contributed by atoms with Crippen LogP contribution in [0.15, 0.2) is 58.4 Å². The van der Waals surface area contributed by atoms with Gasteiger partial charge in [-0.3, -0.25) is 5.43 Å². The van der Waals surface area contributed by atoms with Gasteiger partial charge in [-0.2, -0.15) is 0 Å². The van der Waals surface area contributed by atoms with Gasteiger partial charge < -0.3 is 0 Å². The molecule has 0 radical (unpaired) electrons. The van der Waals surface area contributed by atoms with Crippen LogP contribution in [0.3, 0.4) is 0 Å². The molecule has 3 rings (SSSR count). The van der Waals surface area contributed by atoms with Gasteiger partial charge in [0, 0.05) is 11.6 Å². The molecule has 108 valence electrons. The van der Waals surface area contributed by atoms with E-state index in [9.17, 15) is 0 Å². The van der Waals surface area contributed by atoms with Crippen molar-refractivity contribution in [3.8, 4) is 0 Å². The Hall–Kier alpha value is -2.36. The number of fused-ring (bicyclic) bond motifs is 1. The molecule has 2 aliphatic rings. The second-order valence-electron chi connectivity index (χ2n) is 6.40. The van der Waals surface area contributed by atoms with Crippen LogP contribution in [-0.4, -0.2) is 16.7 Å². The highest BCUT2D eigenvalue weighted by Crippen LogP contribution is 2.24. The lowest BCUT2D eigenvalue weighted by Gasteiger charge is -2.24. The molecule has 0 bridgehead atoms. The number of nitrogens with zero attached hydrogens (tertiary/aromatic N) is 3. The van der Waals surface area contributed by atoms with Crippen molar-refractivity contribution in [2.24, 2.45) is 9.98 Å². The molecule has 0 aromatic heterocycles. The van der Waals surface area contributed by atoms with Crippen LogP contribution in [0.25, 0.3) is 0 Å². The first-order valence-corrected chi connectivity index (χ1v) is 7.07. The summed E-state index contributed by atoms with van der Waals surface area (Å²) >= 11 is 0. The molecule has 0 saturated heterocycles. The zero-order valence-corrected chi connectivity index (χ0v) is 12.9. The van der Waals surface area contributed by atoms with Gasteiger partial charge >= 0.3 is 0 Å². The van der Waals surface area contributed by atoms with Crippen molar-refractivity contribution in [3.05, 3.63) is 59.6 Å². The fourth-order valence-electron chi connectivity index (χ4n) is 2.37. The zero-order chi connectivity index (χ0) is 15.2. The molecular weight excluding hydrogens is 260 g/mol. The van der Waals surface area contributed by atoms with Crippen LogP contribution in [-0.2, 0) is 5.41 Å². The van der Waals surface area contributed by atoms with Crippen molar-refractivity contribution in [2.45, 2.75) is 33.1 Å². The third-order valence-corrected chi connectivity index (χ3v) is 3.61. The fraction of sp³-hybridized carbons (Fsp3) is 0.294. The lowest BCUT2D eigenvalue weighted by Crippen LogP contribution is -2.37.